The Morgan fingerprint density at radius 3 is 2.26 bits per heavy atom. The molecule has 0 bridgehead atoms. The number of rotatable bonds is 4. The predicted molar refractivity (Wildman–Crippen MR) is 106 cm³/mol. The van der Waals surface area contributed by atoms with Crippen LogP contribution in [0.3, 0.4) is 0 Å². The van der Waals surface area contributed by atoms with Gasteiger partial charge in [0.1, 0.15) is 0 Å². The Hall–Kier alpha value is -2.53. The third kappa shape index (κ3) is 4.80. The summed E-state index contributed by atoms with van der Waals surface area (Å²) in [5, 5.41) is 0.708. The molecule has 0 atom stereocenters. The Labute approximate surface area is 164 Å². The largest absolute Gasteiger partial charge is 0.452 e. The van der Waals surface area contributed by atoms with E-state index in [-0.39, 0.29) is 12.5 Å². The molecule has 0 radical (unpaired) electrons. The van der Waals surface area contributed by atoms with Crippen LogP contribution >= 0.6 is 11.6 Å². The van der Waals surface area contributed by atoms with Crippen LogP contribution in [0, 0.1) is 13.8 Å². The molecule has 5 nitrogen and oxygen atoms in total. The average Bonchev–Trinajstić information content (AvgIpc) is 2.65. The van der Waals surface area contributed by atoms with Gasteiger partial charge in [0.15, 0.2) is 6.61 Å². The van der Waals surface area contributed by atoms with Gasteiger partial charge in [-0.2, -0.15) is 0 Å². The average molecular weight is 387 g/mol. The molecule has 142 valence electrons. The molecule has 6 heteroatoms. The van der Waals surface area contributed by atoms with E-state index in [1.54, 1.807) is 17.0 Å². The monoisotopic (exact) mass is 386 g/mol. The van der Waals surface area contributed by atoms with Crippen LogP contribution in [0.1, 0.15) is 21.5 Å². The van der Waals surface area contributed by atoms with Gasteiger partial charge in [0.25, 0.3) is 5.91 Å². The van der Waals surface area contributed by atoms with Crippen molar-refractivity contribution < 1.29 is 14.3 Å². The highest BCUT2D eigenvalue weighted by Crippen LogP contribution is 2.26. The standard InChI is InChI=1S/C21H23ClN2O3/c1-15-11-16(2)13-17(12-15)21(26)27-14-20(25)24-9-7-23(8-10-24)19-6-4-3-5-18(19)22/h3-6,11-13H,7-10,14H2,1-2H3. The highest BCUT2D eigenvalue weighted by atomic mass is 35.5. The van der Waals surface area contributed by atoms with Gasteiger partial charge in [-0.15, -0.1) is 0 Å². The van der Waals surface area contributed by atoms with Crippen molar-refractivity contribution in [2.45, 2.75) is 13.8 Å². The number of hydrogen-bond acceptors (Lipinski definition) is 4. The summed E-state index contributed by atoms with van der Waals surface area (Å²) in [7, 11) is 0. The van der Waals surface area contributed by atoms with E-state index in [9.17, 15) is 9.59 Å². The summed E-state index contributed by atoms with van der Waals surface area (Å²) in [4.78, 5) is 28.5. The SMILES string of the molecule is Cc1cc(C)cc(C(=O)OCC(=O)N2CCN(c3ccccc3Cl)CC2)c1. The molecule has 0 unspecified atom stereocenters. The van der Waals surface area contributed by atoms with Crippen LogP contribution in [0.4, 0.5) is 5.69 Å². The van der Waals surface area contributed by atoms with Crippen LogP contribution < -0.4 is 4.90 Å². The van der Waals surface area contributed by atoms with Gasteiger partial charge in [-0.25, -0.2) is 4.79 Å². The molecule has 0 spiro atoms. The molecule has 1 aliphatic heterocycles. The lowest BCUT2D eigenvalue weighted by molar-refractivity contribution is -0.134. The van der Waals surface area contributed by atoms with E-state index in [4.69, 9.17) is 16.3 Å². The topological polar surface area (TPSA) is 49.9 Å². The number of piperazine rings is 1. The number of amides is 1. The van der Waals surface area contributed by atoms with E-state index in [2.05, 4.69) is 4.90 Å². The summed E-state index contributed by atoms with van der Waals surface area (Å²) in [5.74, 6) is -0.642. The third-order valence-electron chi connectivity index (χ3n) is 4.61. The Bertz CT molecular complexity index is 825. The van der Waals surface area contributed by atoms with E-state index < -0.39 is 5.97 Å². The third-order valence-corrected chi connectivity index (χ3v) is 4.93. The molecule has 27 heavy (non-hydrogen) atoms. The van der Waals surface area contributed by atoms with Crippen molar-refractivity contribution in [2.24, 2.45) is 0 Å². The van der Waals surface area contributed by atoms with Gasteiger partial charge in [0.2, 0.25) is 0 Å². The molecule has 1 saturated heterocycles. The van der Waals surface area contributed by atoms with Crippen molar-refractivity contribution in [2.75, 3.05) is 37.7 Å². The van der Waals surface area contributed by atoms with Gasteiger partial charge in [-0.1, -0.05) is 40.9 Å². The number of halogens is 1. The summed E-state index contributed by atoms with van der Waals surface area (Å²) < 4.78 is 5.22. The molecule has 0 aromatic heterocycles. The summed E-state index contributed by atoms with van der Waals surface area (Å²) in [6.07, 6.45) is 0. The fraction of sp³-hybridized carbons (Fsp3) is 0.333. The van der Waals surface area contributed by atoms with Crippen molar-refractivity contribution in [1.29, 1.82) is 0 Å². The second-order valence-corrected chi connectivity index (χ2v) is 7.18. The number of para-hydroxylation sites is 1. The normalized spacial score (nSPS) is 14.2. The van der Waals surface area contributed by atoms with Gasteiger partial charge in [-0.3, -0.25) is 4.79 Å². The summed E-state index contributed by atoms with van der Waals surface area (Å²) in [6.45, 7) is 6.15. The first-order valence-corrected chi connectivity index (χ1v) is 9.34. The van der Waals surface area contributed by atoms with Gasteiger partial charge in [0.05, 0.1) is 16.3 Å². The van der Waals surface area contributed by atoms with Crippen LogP contribution in [0.2, 0.25) is 5.02 Å². The van der Waals surface area contributed by atoms with Crippen LogP contribution in [0.25, 0.3) is 0 Å². The lowest BCUT2D eigenvalue weighted by Crippen LogP contribution is -2.50. The van der Waals surface area contributed by atoms with Gasteiger partial charge in [0, 0.05) is 26.2 Å². The predicted octanol–water partition coefficient (Wildman–Crippen LogP) is 3.46. The maximum Gasteiger partial charge on any atom is 0.338 e. The highest BCUT2D eigenvalue weighted by Gasteiger charge is 2.23. The van der Waals surface area contributed by atoms with E-state index in [1.807, 2.05) is 44.2 Å². The molecule has 1 amide bonds. The molecule has 2 aromatic rings. The van der Waals surface area contributed by atoms with Crippen LogP contribution in [0.5, 0.6) is 0 Å². The minimum absolute atomic E-state index is 0.175. The van der Waals surface area contributed by atoms with Crippen molar-refractivity contribution in [3.63, 3.8) is 0 Å². The molecule has 1 heterocycles. The maximum absolute atomic E-state index is 12.4. The van der Waals surface area contributed by atoms with Crippen LogP contribution in [0.15, 0.2) is 42.5 Å². The van der Waals surface area contributed by atoms with Crippen molar-refractivity contribution >= 4 is 29.2 Å². The number of ether oxygens (including phenoxy) is 1. The fourth-order valence-corrected chi connectivity index (χ4v) is 3.55. The zero-order valence-electron chi connectivity index (χ0n) is 15.6. The van der Waals surface area contributed by atoms with Crippen LogP contribution in [-0.4, -0.2) is 49.6 Å². The highest BCUT2D eigenvalue weighted by molar-refractivity contribution is 6.33. The van der Waals surface area contributed by atoms with E-state index in [0.29, 0.717) is 36.8 Å². The maximum atomic E-state index is 12.4. The molecule has 3 rings (SSSR count). The number of hydrogen-bond donors (Lipinski definition) is 0. The zero-order chi connectivity index (χ0) is 19.4. The Morgan fingerprint density at radius 1 is 1.00 bits per heavy atom. The minimum Gasteiger partial charge on any atom is -0.452 e. The lowest BCUT2D eigenvalue weighted by Gasteiger charge is -2.36. The molecule has 0 saturated carbocycles. The van der Waals surface area contributed by atoms with Crippen LogP contribution in [-0.2, 0) is 9.53 Å². The lowest BCUT2D eigenvalue weighted by atomic mass is 10.1. The Balaban J connectivity index is 1.51. The van der Waals surface area contributed by atoms with Crippen molar-refractivity contribution in [3.8, 4) is 0 Å². The molecular weight excluding hydrogens is 364 g/mol. The molecule has 2 aromatic carbocycles. The van der Waals surface area contributed by atoms with E-state index >= 15 is 0 Å². The smallest absolute Gasteiger partial charge is 0.338 e. The first-order valence-electron chi connectivity index (χ1n) is 8.97. The molecule has 0 N–H and O–H groups in total. The van der Waals surface area contributed by atoms with Gasteiger partial charge in [-0.05, 0) is 38.1 Å². The minimum atomic E-state index is -0.468. The number of anilines is 1. The number of nitrogens with zero attached hydrogens (tertiary/aromatic N) is 2. The second kappa shape index (κ2) is 8.44. The summed E-state index contributed by atoms with van der Waals surface area (Å²) in [6, 6.07) is 13.2. The fourth-order valence-electron chi connectivity index (χ4n) is 3.30. The number of carbonyl (C=O) groups excluding carboxylic acids is 2. The first kappa shape index (κ1) is 19.2. The summed E-state index contributed by atoms with van der Waals surface area (Å²) >= 11 is 6.24. The van der Waals surface area contributed by atoms with Crippen molar-refractivity contribution in [1.82, 2.24) is 4.90 Å². The molecular formula is C21H23ClN2O3. The molecule has 1 fully saturated rings. The number of benzene rings is 2. The molecule has 0 aliphatic carbocycles. The van der Waals surface area contributed by atoms with E-state index in [0.717, 1.165) is 16.8 Å². The number of aryl methyl sites for hydroxylation is 2. The van der Waals surface area contributed by atoms with Gasteiger partial charge >= 0.3 is 5.97 Å². The van der Waals surface area contributed by atoms with Crippen molar-refractivity contribution in [3.05, 3.63) is 64.2 Å². The number of esters is 1. The molecule has 1 aliphatic rings. The Morgan fingerprint density at radius 2 is 1.63 bits per heavy atom. The first-order chi connectivity index (χ1) is 12.9. The summed E-state index contributed by atoms with van der Waals surface area (Å²) in [5.41, 5.74) is 3.43. The van der Waals surface area contributed by atoms with E-state index in [1.165, 1.54) is 0 Å². The van der Waals surface area contributed by atoms with Gasteiger partial charge < -0.3 is 14.5 Å². The Kier molecular flexibility index (Phi) is 6.01. The number of carbonyl (C=O) groups is 2. The second-order valence-electron chi connectivity index (χ2n) is 6.77. The zero-order valence-corrected chi connectivity index (χ0v) is 16.3. The quantitative estimate of drug-likeness (QED) is 0.755.